The Hall–Kier alpha value is -1.80. The topological polar surface area (TPSA) is 22.1 Å². The Kier molecular flexibility index (Phi) is 4.99. The van der Waals surface area contributed by atoms with E-state index in [0.717, 1.165) is 22.7 Å². The molecule has 0 unspecified atom stereocenters. The lowest BCUT2D eigenvalue weighted by molar-refractivity contribution is 0.342. The second-order valence-corrected chi connectivity index (χ2v) is 4.49. The highest BCUT2D eigenvalue weighted by Crippen LogP contribution is 2.20. The van der Waals surface area contributed by atoms with Crippen molar-refractivity contribution in [3.8, 4) is 5.75 Å². The largest absolute Gasteiger partial charge is 0.492 e. The highest BCUT2D eigenvalue weighted by molar-refractivity contribution is 6.18. The molecule has 2 aromatic rings. The molecule has 1 aromatic carbocycles. The number of halogens is 1. The fraction of sp³-hybridized carbons (Fsp3) is 0.188. The number of pyridine rings is 1. The fourth-order valence-electron chi connectivity index (χ4n) is 1.73. The van der Waals surface area contributed by atoms with Crippen molar-refractivity contribution in [2.75, 3.05) is 12.5 Å². The second-order valence-electron chi connectivity index (χ2n) is 4.11. The molecule has 0 saturated carbocycles. The first-order chi connectivity index (χ1) is 9.29. The predicted molar refractivity (Wildman–Crippen MR) is 80.6 cm³/mol. The molecule has 19 heavy (non-hydrogen) atoms. The van der Waals surface area contributed by atoms with Crippen LogP contribution in [0.3, 0.4) is 0 Å². The van der Waals surface area contributed by atoms with E-state index in [-0.39, 0.29) is 0 Å². The number of nitrogens with zero attached hydrogens (tertiary/aromatic N) is 1. The van der Waals surface area contributed by atoms with Gasteiger partial charge in [0.2, 0.25) is 0 Å². The summed E-state index contributed by atoms with van der Waals surface area (Å²) in [7, 11) is 0. The molecule has 1 heterocycles. The van der Waals surface area contributed by atoms with Gasteiger partial charge >= 0.3 is 0 Å². The van der Waals surface area contributed by atoms with Crippen molar-refractivity contribution >= 4 is 23.8 Å². The quantitative estimate of drug-likeness (QED) is 0.763. The number of ether oxygens (including phenoxy) is 1. The standard InChI is InChI=1S/C16H16ClNO/c1-13-5-4-7-15(18-13)10-9-14-6-2-3-8-16(14)19-12-11-17/h2-10H,11-12H2,1H3/b10-9+. The lowest BCUT2D eigenvalue weighted by Gasteiger charge is -2.07. The highest BCUT2D eigenvalue weighted by atomic mass is 35.5. The summed E-state index contributed by atoms with van der Waals surface area (Å²) in [4.78, 5) is 4.43. The molecule has 2 rings (SSSR count). The summed E-state index contributed by atoms with van der Waals surface area (Å²) in [6, 6.07) is 13.8. The first-order valence-corrected chi connectivity index (χ1v) is 6.72. The first-order valence-electron chi connectivity index (χ1n) is 6.19. The van der Waals surface area contributed by atoms with Gasteiger partial charge in [-0.05, 0) is 37.3 Å². The molecular formula is C16H16ClNO. The molecule has 0 amide bonds. The lowest BCUT2D eigenvalue weighted by atomic mass is 10.1. The Labute approximate surface area is 118 Å². The molecule has 0 bridgehead atoms. The molecule has 2 nitrogen and oxygen atoms in total. The van der Waals surface area contributed by atoms with Crippen LogP contribution in [0.5, 0.6) is 5.75 Å². The van der Waals surface area contributed by atoms with Gasteiger partial charge in [-0.3, -0.25) is 4.98 Å². The van der Waals surface area contributed by atoms with E-state index in [0.29, 0.717) is 12.5 Å². The van der Waals surface area contributed by atoms with E-state index < -0.39 is 0 Å². The Morgan fingerprint density at radius 2 is 1.95 bits per heavy atom. The lowest BCUT2D eigenvalue weighted by Crippen LogP contribution is -1.99. The summed E-state index contributed by atoms with van der Waals surface area (Å²) in [5, 5.41) is 0. The van der Waals surface area contributed by atoms with Crippen LogP contribution in [0, 0.1) is 6.92 Å². The Balaban J connectivity index is 2.18. The third kappa shape index (κ3) is 4.11. The molecule has 0 spiro atoms. The number of alkyl halides is 1. The molecule has 0 saturated heterocycles. The van der Waals surface area contributed by atoms with Gasteiger partial charge in [0.05, 0.1) is 11.6 Å². The molecular weight excluding hydrogens is 258 g/mol. The van der Waals surface area contributed by atoms with Crippen molar-refractivity contribution in [2.45, 2.75) is 6.92 Å². The molecule has 3 heteroatoms. The molecule has 1 aromatic heterocycles. The van der Waals surface area contributed by atoms with E-state index >= 15 is 0 Å². The van der Waals surface area contributed by atoms with Crippen LogP contribution in [0.15, 0.2) is 42.5 Å². The number of rotatable bonds is 5. The van der Waals surface area contributed by atoms with Gasteiger partial charge in [-0.25, -0.2) is 0 Å². The minimum absolute atomic E-state index is 0.484. The minimum Gasteiger partial charge on any atom is -0.492 e. The average Bonchev–Trinajstić information content (AvgIpc) is 2.44. The van der Waals surface area contributed by atoms with Gasteiger partial charge in [0.15, 0.2) is 0 Å². The van der Waals surface area contributed by atoms with Gasteiger partial charge in [-0.15, -0.1) is 11.6 Å². The second kappa shape index (κ2) is 6.95. The number of para-hydroxylation sites is 1. The molecule has 0 aliphatic carbocycles. The molecule has 0 aliphatic heterocycles. The molecule has 0 atom stereocenters. The summed E-state index contributed by atoms with van der Waals surface area (Å²) < 4.78 is 5.59. The van der Waals surface area contributed by atoms with Crippen molar-refractivity contribution in [1.29, 1.82) is 0 Å². The maximum atomic E-state index is 5.64. The van der Waals surface area contributed by atoms with Crippen molar-refractivity contribution in [3.05, 3.63) is 59.4 Å². The maximum absolute atomic E-state index is 5.64. The minimum atomic E-state index is 0.484. The number of aromatic nitrogens is 1. The van der Waals surface area contributed by atoms with E-state index in [1.54, 1.807) is 0 Å². The predicted octanol–water partition coefficient (Wildman–Crippen LogP) is 4.18. The highest BCUT2D eigenvalue weighted by Gasteiger charge is 1.99. The average molecular weight is 274 g/mol. The van der Waals surface area contributed by atoms with E-state index in [2.05, 4.69) is 4.98 Å². The van der Waals surface area contributed by atoms with Crippen molar-refractivity contribution < 1.29 is 4.74 Å². The normalized spacial score (nSPS) is 10.8. The van der Waals surface area contributed by atoms with Gasteiger partial charge in [0.1, 0.15) is 12.4 Å². The Bertz CT molecular complexity index is 566. The molecule has 0 aliphatic rings. The smallest absolute Gasteiger partial charge is 0.126 e. The fourth-order valence-corrected chi connectivity index (χ4v) is 1.81. The number of hydrogen-bond acceptors (Lipinski definition) is 2. The summed E-state index contributed by atoms with van der Waals surface area (Å²) in [6.45, 7) is 2.49. The van der Waals surface area contributed by atoms with Crippen molar-refractivity contribution in [3.63, 3.8) is 0 Å². The van der Waals surface area contributed by atoms with Gasteiger partial charge in [0, 0.05) is 11.3 Å². The number of aryl methyl sites for hydroxylation is 1. The molecule has 0 radical (unpaired) electrons. The zero-order valence-corrected chi connectivity index (χ0v) is 11.6. The van der Waals surface area contributed by atoms with Crippen LogP contribution in [0.1, 0.15) is 17.0 Å². The van der Waals surface area contributed by atoms with Crippen LogP contribution in [0.25, 0.3) is 12.2 Å². The van der Waals surface area contributed by atoms with Gasteiger partial charge in [-0.2, -0.15) is 0 Å². The summed E-state index contributed by atoms with van der Waals surface area (Å²) >= 11 is 5.64. The van der Waals surface area contributed by atoms with Gasteiger partial charge in [-0.1, -0.05) is 24.3 Å². The van der Waals surface area contributed by atoms with E-state index in [1.165, 1.54) is 0 Å². The van der Waals surface area contributed by atoms with Crippen LogP contribution in [-0.2, 0) is 0 Å². The summed E-state index contributed by atoms with van der Waals surface area (Å²) in [5.41, 5.74) is 2.97. The van der Waals surface area contributed by atoms with Crippen LogP contribution < -0.4 is 4.74 Å². The molecule has 98 valence electrons. The van der Waals surface area contributed by atoms with Crippen LogP contribution in [-0.4, -0.2) is 17.5 Å². The van der Waals surface area contributed by atoms with Crippen LogP contribution >= 0.6 is 11.6 Å². The molecule has 0 N–H and O–H groups in total. The van der Waals surface area contributed by atoms with Crippen molar-refractivity contribution in [2.24, 2.45) is 0 Å². The van der Waals surface area contributed by atoms with E-state index in [4.69, 9.17) is 16.3 Å². The maximum Gasteiger partial charge on any atom is 0.126 e. The third-order valence-electron chi connectivity index (χ3n) is 2.60. The van der Waals surface area contributed by atoms with Crippen LogP contribution in [0.2, 0.25) is 0 Å². The summed E-state index contributed by atoms with van der Waals surface area (Å²) in [6.07, 6.45) is 3.99. The van der Waals surface area contributed by atoms with Gasteiger partial charge < -0.3 is 4.74 Å². The Morgan fingerprint density at radius 1 is 1.11 bits per heavy atom. The first kappa shape index (κ1) is 13.6. The third-order valence-corrected chi connectivity index (χ3v) is 2.75. The van der Waals surface area contributed by atoms with Crippen molar-refractivity contribution in [1.82, 2.24) is 4.98 Å². The summed E-state index contributed by atoms with van der Waals surface area (Å²) in [5.74, 6) is 1.32. The zero-order valence-electron chi connectivity index (χ0n) is 10.8. The zero-order chi connectivity index (χ0) is 13.5. The number of hydrogen-bond donors (Lipinski definition) is 0. The molecule has 0 fully saturated rings. The Morgan fingerprint density at radius 3 is 2.74 bits per heavy atom. The van der Waals surface area contributed by atoms with E-state index in [9.17, 15) is 0 Å². The van der Waals surface area contributed by atoms with Crippen LogP contribution in [0.4, 0.5) is 0 Å². The SMILES string of the molecule is Cc1cccc(/C=C/c2ccccc2OCCCl)n1. The monoisotopic (exact) mass is 273 g/mol. The van der Waals surface area contributed by atoms with Gasteiger partial charge in [0.25, 0.3) is 0 Å². The number of benzene rings is 1. The van der Waals surface area contributed by atoms with E-state index in [1.807, 2.05) is 61.5 Å².